The van der Waals surface area contributed by atoms with Crippen LogP contribution in [0.2, 0.25) is 0 Å². The zero-order valence-electron chi connectivity index (χ0n) is 11.9. The van der Waals surface area contributed by atoms with E-state index in [-0.39, 0.29) is 0 Å². The Kier molecular flexibility index (Phi) is 5.67. The maximum Gasteiger partial charge on any atom is 0.430 e. The van der Waals surface area contributed by atoms with Gasteiger partial charge in [0.15, 0.2) is 0 Å². The number of ether oxygens (including phenoxy) is 1. The number of alkyl halides is 3. The Bertz CT molecular complexity index is 450. The second kappa shape index (κ2) is 7.50. The summed E-state index contributed by atoms with van der Waals surface area (Å²) in [6, 6.07) is 9.82. The third kappa shape index (κ3) is 5.08. The molecule has 0 atom stereocenters. The molecule has 0 unspecified atom stereocenters. The molecule has 1 aromatic rings. The van der Waals surface area contributed by atoms with Gasteiger partial charge < -0.3 is 9.64 Å². The van der Waals surface area contributed by atoms with Crippen LogP contribution in [-0.4, -0.2) is 37.4 Å². The molecule has 1 heterocycles. The molecule has 0 spiro atoms. The smallest absolute Gasteiger partial charge is 0.378 e. The van der Waals surface area contributed by atoms with Crippen LogP contribution < -0.4 is 0 Å². The van der Waals surface area contributed by atoms with Crippen LogP contribution in [0, 0.1) is 0 Å². The van der Waals surface area contributed by atoms with Crippen molar-refractivity contribution in [3.63, 3.8) is 0 Å². The topological polar surface area (TPSA) is 12.5 Å². The average molecular weight is 299 g/mol. The van der Waals surface area contributed by atoms with Gasteiger partial charge in [-0.15, -0.1) is 0 Å². The first-order chi connectivity index (χ1) is 10.1. The van der Waals surface area contributed by atoms with Crippen molar-refractivity contribution in [2.75, 3.05) is 26.3 Å². The van der Waals surface area contributed by atoms with Gasteiger partial charge in [-0.2, -0.15) is 13.2 Å². The van der Waals surface area contributed by atoms with Crippen molar-refractivity contribution < 1.29 is 17.9 Å². The fourth-order valence-electron chi connectivity index (χ4n) is 2.42. The Labute approximate surface area is 123 Å². The Morgan fingerprint density at radius 1 is 1.14 bits per heavy atom. The summed E-state index contributed by atoms with van der Waals surface area (Å²) < 4.78 is 44.4. The molecule has 1 saturated heterocycles. The van der Waals surface area contributed by atoms with E-state index in [9.17, 15) is 13.2 Å². The van der Waals surface area contributed by atoms with Crippen molar-refractivity contribution in [2.24, 2.45) is 0 Å². The summed E-state index contributed by atoms with van der Waals surface area (Å²) in [5, 5.41) is 0. The fourth-order valence-corrected chi connectivity index (χ4v) is 2.42. The number of benzene rings is 1. The van der Waals surface area contributed by atoms with Gasteiger partial charge in [-0.3, -0.25) is 0 Å². The van der Waals surface area contributed by atoms with Gasteiger partial charge in [0.2, 0.25) is 0 Å². The minimum Gasteiger partial charge on any atom is -0.378 e. The summed E-state index contributed by atoms with van der Waals surface area (Å²) in [4.78, 5) is 1.38. The Hall–Kier alpha value is -1.49. The highest BCUT2D eigenvalue weighted by Gasteiger charge is 2.37. The van der Waals surface area contributed by atoms with Crippen molar-refractivity contribution in [1.82, 2.24) is 4.90 Å². The number of rotatable bonds is 5. The molecule has 1 fully saturated rings. The molecular weight excluding hydrogens is 279 g/mol. The fraction of sp³-hybridized carbons (Fsp3) is 0.500. The number of allylic oxidation sites excluding steroid dienone is 2. The molecule has 0 aromatic heterocycles. The number of halogens is 3. The average Bonchev–Trinajstić information content (AvgIpc) is 2.48. The highest BCUT2D eigenvalue weighted by molar-refractivity contribution is 5.15. The lowest BCUT2D eigenvalue weighted by molar-refractivity contribution is -0.118. The molecule has 2 nitrogen and oxygen atoms in total. The molecular formula is C16H20F3NO. The quantitative estimate of drug-likeness (QED) is 0.767. The largest absolute Gasteiger partial charge is 0.430 e. The van der Waals surface area contributed by atoms with Gasteiger partial charge in [0.05, 0.1) is 13.2 Å². The number of aryl methyl sites for hydroxylation is 1. The third-order valence-electron chi connectivity index (χ3n) is 3.49. The van der Waals surface area contributed by atoms with E-state index in [0.717, 1.165) is 12.0 Å². The Balaban J connectivity index is 1.90. The van der Waals surface area contributed by atoms with E-state index in [0.29, 0.717) is 39.1 Å². The summed E-state index contributed by atoms with van der Waals surface area (Å²) in [7, 11) is 0. The first-order valence-corrected chi connectivity index (χ1v) is 7.21. The molecule has 0 radical (unpaired) electrons. The van der Waals surface area contributed by atoms with Crippen LogP contribution in [0.3, 0.4) is 0 Å². The first kappa shape index (κ1) is 15.9. The second-order valence-electron chi connectivity index (χ2n) is 5.06. The summed E-state index contributed by atoms with van der Waals surface area (Å²) in [6.45, 7) is 1.34. The van der Waals surface area contributed by atoms with E-state index in [2.05, 4.69) is 0 Å². The molecule has 5 heteroatoms. The molecule has 116 valence electrons. The van der Waals surface area contributed by atoms with Gasteiger partial charge in [-0.05, 0) is 24.8 Å². The lowest BCUT2D eigenvalue weighted by Gasteiger charge is -2.32. The first-order valence-electron chi connectivity index (χ1n) is 7.21. The normalized spacial score (nSPS) is 17.1. The van der Waals surface area contributed by atoms with Crippen LogP contribution in [0.15, 0.2) is 42.1 Å². The maximum absolute atomic E-state index is 13.1. The predicted molar refractivity (Wildman–Crippen MR) is 75.9 cm³/mol. The monoisotopic (exact) mass is 299 g/mol. The van der Waals surface area contributed by atoms with Crippen LogP contribution in [0.25, 0.3) is 0 Å². The summed E-state index contributed by atoms with van der Waals surface area (Å²) in [6.07, 6.45) is -1.01. The van der Waals surface area contributed by atoms with Crippen molar-refractivity contribution in [2.45, 2.75) is 25.4 Å². The Morgan fingerprint density at radius 3 is 2.43 bits per heavy atom. The standard InChI is InChI=1S/C16H20F3NO/c17-16(18,19)15(20-10-12-21-13-11-20)9-5-4-8-14-6-2-1-3-7-14/h1-3,6-7,9H,4-5,8,10-13H2/b15-9+. The van der Waals surface area contributed by atoms with Gasteiger partial charge >= 0.3 is 6.18 Å². The van der Waals surface area contributed by atoms with Gasteiger partial charge in [0.1, 0.15) is 5.70 Å². The molecule has 0 bridgehead atoms. The summed E-state index contributed by atoms with van der Waals surface area (Å²) in [5.74, 6) is 0. The van der Waals surface area contributed by atoms with Crippen molar-refractivity contribution in [3.8, 4) is 0 Å². The molecule has 0 amide bonds. The predicted octanol–water partition coefficient (Wildman–Crippen LogP) is 3.79. The summed E-state index contributed by atoms with van der Waals surface area (Å²) in [5.41, 5.74) is 0.643. The number of hydrogen-bond acceptors (Lipinski definition) is 2. The molecule has 1 aliphatic heterocycles. The number of nitrogens with zero attached hydrogens (tertiary/aromatic N) is 1. The van der Waals surface area contributed by atoms with Gasteiger partial charge in [0.25, 0.3) is 0 Å². The van der Waals surface area contributed by atoms with Crippen molar-refractivity contribution in [3.05, 3.63) is 47.7 Å². The van der Waals surface area contributed by atoms with Crippen LogP contribution in [0.5, 0.6) is 0 Å². The second-order valence-corrected chi connectivity index (χ2v) is 5.06. The minimum atomic E-state index is -4.29. The van der Waals surface area contributed by atoms with Crippen LogP contribution in [0.4, 0.5) is 13.2 Å². The summed E-state index contributed by atoms with van der Waals surface area (Å²) >= 11 is 0. The molecule has 1 aromatic carbocycles. The lowest BCUT2D eigenvalue weighted by Crippen LogP contribution is -2.40. The molecule has 0 saturated carbocycles. The number of hydrogen-bond donors (Lipinski definition) is 0. The highest BCUT2D eigenvalue weighted by atomic mass is 19.4. The Morgan fingerprint density at radius 2 is 1.81 bits per heavy atom. The van der Waals surface area contributed by atoms with E-state index >= 15 is 0 Å². The SMILES string of the molecule is FC(F)(F)/C(=C\CCCc1ccccc1)N1CCOCC1. The molecule has 0 aliphatic carbocycles. The van der Waals surface area contributed by atoms with Gasteiger partial charge in [-0.25, -0.2) is 0 Å². The van der Waals surface area contributed by atoms with Gasteiger partial charge in [0, 0.05) is 13.1 Å². The van der Waals surface area contributed by atoms with Crippen molar-refractivity contribution >= 4 is 0 Å². The van der Waals surface area contributed by atoms with Crippen LogP contribution >= 0.6 is 0 Å². The van der Waals surface area contributed by atoms with E-state index < -0.39 is 11.9 Å². The molecule has 0 N–H and O–H groups in total. The maximum atomic E-state index is 13.1. The zero-order valence-corrected chi connectivity index (χ0v) is 11.9. The molecule has 1 aliphatic rings. The van der Waals surface area contributed by atoms with E-state index in [4.69, 9.17) is 4.74 Å². The van der Waals surface area contributed by atoms with Crippen LogP contribution in [-0.2, 0) is 11.2 Å². The van der Waals surface area contributed by atoms with Gasteiger partial charge in [-0.1, -0.05) is 36.4 Å². The highest BCUT2D eigenvalue weighted by Crippen LogP contribution is 2.29. The zero-order chi connectivity index (χ0) is 15.1. The third-order valence-corrected chi connectivity index (χ3v) is 3.49. The van der Waals surface area contributed by atoms with Crippen LogP contribution in [0.1, 0.15) is 18.4 Å². The number of unbranched alkanes of at least 4 members (excludes halogenated alkanes) is 1. The van der Waals surface area contributed by atoms with E-state index in [1.54, 1.807) is 0 Å². The minimum absolute atomic E-state index is 0.310. The van der Waals surface area contributed by atoms with Crippen molar-refractivity contribution in [1.29, 1.82) is 0 Å². The molecule has 2 rings (SSSR count). The van der Waals surface area contributed by atoms with E-state index in [1.807, 2.05) is 30.3 Å². The van der Waals surface area contributed by atoms with E-state index in [1.165, 1.54) is 11.0 Å². The number of morpholine rings is 1. The molecule has 21 heavy (non-hydrogen) atoms. The lowest BCUT2D eigenvalue weighted by atomic mass is 10.1.